The number of nitrogens with zero attached hydrogens (tertiary/aromatic N) is 2. The maximum Gasteiger partial charge on any atom is 0.326 e. The molecule has 110 heavy (non-hydrogen) atoms. The van der Waals surface area contributed by atoms with Crippen molar-refractivity contribution in [2.45, 2.75) is 210 Å². The van der Waals surface area contributed by atoms with E-state index in [0.29, 0.717) is 11.1 Å². The number of hydrogen-bond acceptors (Lipinski definition) is 24. The number of carbonyl (C=O) groups excluding carboxylic acids is 14. The fourth-order valence-electron chi connectivity index (χ4n) is 10.3. The van der Waals surface area contributed by atoms with Crippen molar-refractivity contribution in [3.05, 3.63) is 59.7 Å². The number of phenolic OH excluding ortho intramolecular Hbond substituents is 2. The molecule has 0 fully saturated rings. The molecule has 2 rings (SSSR count). The number of rotatable bonds is 48. The van der Waals surface area contributed by atoms with Gasteiger partial charge in [0.2, 0.25) is 82.7 Å². The van der Waals surface area contributed by atoms with Crippen LogP contribution in [-0.4, -0.2) is 247 Å². The van der Waals surface area contributed by atoms with E-state index in [1.165, 1.54) is 76.2 Å². The Morgan fingerprint density at radius 2 is 0.709 bits per heavy atom. The molecule has 2 aromatic rings. The molecule has 14 amide bonds. The van der Waals surface area contributed by atoms with Crippen LogP contribution in [0.15, 0.2) is 58.5 Å². The lowest BCUT2D eigenvalue weighted by Gasteiger charge is -2.29. The Morgan fingerprint density at radius 3 is 1.07 bits per heavy atom. The van der Waals surface area contributed by atoms with Crippen molar-refractivity contribution < 1.29 is 103 Å². The number of phenols is 2. The minimum atomic E-state index is -2.13. The number of primary amides is 2. The Balaban J connectivity index is 2.55. The Kier molecular flexibility index (Phi) is 40.5. The van der Waals surface area contributed by atoms with Gasteiger partial charge in [0.25, 0.3) is 0 Å². The summed E-state index contributed by atoms with van der Waals surface area (Å²) in [6.07, 6.45) is -8.48. The van der Waals surface area contributed by atoms with Crippen LogP contribution in [0.4, 0.5) is 0 Å². The van der Waals surface area contributed by atoms with Crippen LogP contribution in [-0.2, 0) is 84.8 Å². The van der Waals surface area contributed by atoms with Crippen LogP contribution >= 0.6 is 12.6 Å². The second-order valence-electron chi connectivity index (χ2n) is 26.8. The van der Waals surface area contributed by atoms with Crippen molar-refractivity contribution in [2.75, 3.05) is 18.8 Å². The van der Waals surface area contributed by atoms with E-state index >= 15 is 0 Å². The molecule has 0 saturated heterocycles. The lowest BCUT2D eigenvalue weighted by Crippen LogP contribution is -2.64. The molecule has 0 unspecified atom stereocenters. The zero-order chi connectivity index (χ0) is 83.6. The predicted octanol–water partition coefficient (Wildman–Crippen LogP) is -9.24. The molecule has 0 bridgehead atoms. The number of hydrogen-bond donors (Lipinski definition) is 26. The third kappa shape index (κ3) is 34.4. The van der Waals surface area contributed by atoms with Gasteiger partial charge in [0.1, 0.15) is 90.0 Å². The zero-order valence-corrected chi connectivity index (χ0v) is 63.1. The molecule has 42 nitrogen and oxygen atoms in total. The second kappa shape index (κ2) is 46.9. The Bertz CT molecular complexity index is 3560. The lowest BCUT2D eigenvalue weighted by atomic mass is 9.99. The number of carboxylic acid groups (broad SMARTS) is 1. The summed E-state index contributed by atoms with van der Waals surface area (Å²) in [5.41, 5.74) is 39.1. The van der Waals surface area contributed by atoms with Gasteiger partial charge in [-0.05, 0) is 107 Å². The number of aliphatic carboxylic acids is 1. The first kappa shape index (κ1) is 94.9. The monoisotopic (exact) mass is 1570 g/mol. The summed E-state index contributed by atoms with van der Waals surface area (Å²) >= 11 is 4.23. The zero-order valence-electron chi connectivity index (χ0n) is 62.2. The third-order valence-electron chi connectivity index (χ3n) is 16.3. The number of aliphatic hydroxyl groups excluding tert-OH is 3. The maximum atomic E-state index is 14.7. The first-order chi connectivity index (χ1) is 51.3. The largest absolute Gasteiger partial charge is 0.508 e. The standard InChI is InChI=1S/C67H107N21O21S/c1-29(2)23-41(80-53(96)31(5)77-62(105)49(70)32(6)89)56(99)81-42(24-35-13-17-37(92)18-14-35)57(100)82-43(25-36-15-19-38(93)20-16-36)58(101)85-46(28-110)61(104)87-52(34(8)91)64(107)88-51(33(7)90)63(106)84-45(27-48(69)95)60(103)78-39(11-9-21-75-66(71)72)54(97)83-44(26-47(68)94)59(102)79-40(12-10-22-76-67(73)74)55(98)86-50(30(3)4)65(108)109/h13-20,29-34,39-46,49-52,89-93,110H,9-12,21-28,70H2,1-8H3,(H2,68,94)(H2,69,95)(H,77,105)(H,78,103)(H,79,102)(H,80,96)(H,81,99)(H,82,100)(H,83,97)(H,84,106)(H,85,101)(H,86,98)(H,87,104)(H,88,107)(H,108,109)(H4,71,72,75)(H4,73,74,76)/t31-,32+,33+,34+,39-,40-,41-,42-,43-,44-,45-,46-,49-,50-,51-,52-/m0/s1. The number of aliphatic imine (C=N–C) groups is 2. The molecular weight excluding hydrogens is 1470 g/mol. The SMILES string of the molecule is CC(C)C[C@H](NC(=O)[C@H](C)NC(=O)[C@@H](N)[C@@H](C)O)C(=O)N[C@@H](Cc1ccc(O)cc1)C(=O)N[C@@H](Cc1ccc(O)cc1)C(=O)N[C@@H](CS)C(=O)N[C@H](C(=O)N[C@H](C(=O)N[C@@H](CC(N)=O)C(=O)N[C@@H](CCCN=C(N)N)C(=O)N[C@@H](CC(N)=O)C(=O)N[C@@H](CCCN=C(N)N)C(=O)N[C@H](C(=O)O)C(C)C)[C@@H](C)O)[C@@H](C)O. The Labute approximate surface area is 639 Å². The van der Waals surface area contributed by atoms with Crippen LogP contribution in [0.25, 0.3) is 0 Å². The van der Waals surface area contributed by atoms with E-state index in [1.54, 1.807) is 13.8 Å². The molecule has 16 atom stereocenters. The number of carboxylic acids is 1. The number of guanidine groups is 2. The van der Waals surface area contributed by atoms with E-state index < -0.39 is 216 Å². The van der Waals surface area contributed by atoms with Gasteiger partial charge < -0.3 is 135 Å². The topological polar surface area (TPSA) is 729 Å². The number of amides is 14. The van der Waals surface area contributed by atoms with Crippen molar-refractivity contribution >= 4 is 113 Å². The molecule has 0 saturated carbocycles. The van der Waals surface area contributed by atoms with Gasteiger partial charge in [-0.2, -0.15) is 12.6 Å². The van der Waals surface area contributed by atoms with Crippen LogP contribution in [0, 0.1) is 11.8 Å². The summed E-state index contributed by atoms with van der Waals surface area (Å²) in [5.74, 6) is -20.0. The van der Waals surface area contributed by atoms with E-state index in [2.05, 4.69) is 86.4 Å². The van der Waals surface area contributed by atoms with Crippen molar-refractivity contribution in [3.8, 4) is 11.5 Å². The number of aliphatic hydroxyl groups is 3. The highest BCUT2D eigenvalue weighted by Crippen LogP contribution is 2.17. The van der Waals surface area contributed by atoms with E-state index in [9.17, 15) is 103 Å². The molecule has 0 spiro atoms. The summed E-state index contributed by atoms with van der Waals surface area (Å²) in [7, 11) is 0. The second-order valence-corrected chi connectivity index (χ2v) is 27.2. The van der Waals surface area contributed by atoms with E-state index in [0.717, 1.165) is 13.8 Å². The predicted molar refractivity (Wildman–Crippen MR) is 399 cm³/mol. The van der Waals surface area contributed by atoms with Crippen LogP contribution in [0.1, 0.15) is 111 Å². The van der Waals surface area contributed by atoms with E-state index in [-0.39, 0.29) is 81.0 Å². The van der Waals surface area contributed by atoms with Crippen LogP contribution < -0.4 is 104 Å². The number of nitrogens with one attached hydrogen (secondary N) is 12. The molecule has 0 aliphatic heterocycles. The number of nitrogens with two attached hydrogens (primary N) is 7. The Morgan fingerprint density at radius 1 is 0.391 bits per heavy atom. The van der Waals surface area contributed by atoms with E-state index in [1.807, 2.05) is 0 Å². The molecule has 43 heteroatoms. The highest BCUT2D eigenvalue weighted by atomic mass is 32.1. The molecular formula is C67H107N21O21S. The summed E-state index contributed by atoms with van der Waals surface area (Å²) < 4.78 is 0. The van der Waals surface area contributed by atoms with Crippen LogP contribution in [0.3, 0.4) is 0 Å². The molecule has 0 aliphatic rings. The Hall–Kier alpha value is -11.2. The highest BCUT2D eigenvalue weighted by Gasteiger charge is 2.40. The molecule has 0 aliphatic carbocycles. The number of thiol groups is 1. The van der Waals surface area contributed by atoms with Crippen molar-refractivity contribution in [1.82, 2.24) is 63.8 Å². The molecule has 2 aromatic carbocycles. The van der Waals surface area contributed by atoms with Gasteiger partial charge in [0.15, 0.2) is 11.9 Å². The van der Waals surface area contributed by atoms with Crippen LogP contribution in [0.2, 0.25) is 0 Å². The highest BCUT2D eigenvalue weighted by molar-refractivity contribution is 7.80. The molecule has 612 valence electrons. The minimum absolute atomic E-state index is 0.0117. The molecule has 32 N–H and O–H groups in total. The minimum Gasteiger partial charge on any atom is -0.508 e. The lowest BCUT2D eigenvalue weighted by molar-refractivity contribution is -0.143. The average molecular weight is 1570 g/mol. The van der Waals surface area contributed by atoms with Gasteiger partial charge in [-0.15, -0.1) is 0 Å². The van der Waals surface area contributed by atoms with Crippen molar-refractivity contribution in [2.24, 2.45) is 62.0 Å². The van der Waals surface area contributed by atoms with Gasteiger partial charge in [-0.3, -0.25) is 77.1 Å². The maximum absolute atomic E-state index is 14.7. The average Bonchev–Trinajstić information content (AvgIpc) is 0.846. The van der Waals surface area contributed by atoms with Gasteiger partial charge in [-0.25, -0.2) is 4.79 Å². The number of aromatic hydroxyl groups is 2. The first-order valence-corrected chi connectivity index (χ1v) is 35.5. The summed E-state index contributed by atoms with van der Waals surface area (Å²) in [6.45, 7) is 10.8. The summed E-state index contributed by atoms with van der Waals surface area (Å²) in [5, 5.41) is 90.0. The van der Waals surface area contributed by atoms with Crippen molar-refractivity contribution in [1.29, 1.82) is 0 Å². The number of carbonyl (C=O) groups is 15. The molecule has 0 radical (unpaired) electrons. The fourth-order valence-corrected chi connectivity index (χ4v) is 10.5. The van der Waals surface area contributed by atoms with Gasteiger partial charge in [0.05, 0.1) is 31.2 Å². The summed E-state index contributed by atoms with van der Waals surface area (Å²) in [4.78, 5) is 213. The molecule has 0 heterocycles. The van der Waals surface area contributed by atoms with Gasteiger partial charge >= 0.3 is 5.97 Å². The normalized spacial score (nSPS) is 15.5. The fraction of sp³-hybridized carbons (Fsp3) is 0.567. The quantitative estimate of drug-likeness (QED) is 0.0127. The number of benzene rings is 2. The van der Waals surface area contributed by atoms with Gasteiger partial charge in [0, 0.05) is 31.7 Å². The smallest absolute Gasteiger partial charge is 0.326 e. The van der Waals surface area contributed by atoms with Crippen molar-refractivity contribution in [3.63, 3.8) is 0 Å². The molecule has 0 aromatic heterocycles. The van der Waals surface area contributed by atoms with Gasteiger partial charge in [-0.1, -0.05) is 52.0 Å². The van der Waals surface area contributed by atoms with Crippen LogP contribution in [0.5, 0.6) is 11.5 Å². The first-order valence-electron chi connectivity index (χ1n) is 34.9. The van der Waals surface area contributed by atoms with E-state index in [4.69, 9.17) is 40.1 Å². The third-order valence-corrected chi connectivity index (χ3v) is 16.7. The summed E-state index contributed by atoms with van der Waals surface area (Å²) in [6, 6.07) is -11.2.